The van der Waals surface area contributed by atoms with E-state index in [1.54, 1.807) is 0 Å². The van der Waals surface area contributed by atoms with Crippen LogP contribution in [0.25, 0.3) is 5.69 Å². The minimum atomic E-state index is 0.0607. The van der Waals surface area contributed by atoms with Crippen LogP contribution in [0.15, 0.2) is 42.5 Å². The normalized spacial score (nSPS) is 19.8. The van der Waals surface area contributed by atoms with Gasteiger partial charge in [0, 0.05) is 34.2 Å². The Kier molecular flexibility index (Phi) is 4.97. The maximum atomic E-state index is 12.6. The van der Waals surface area contributed by atoms with Crippen molar-refractivity contribution < 1.29 is 4.79 Å². The van der Waals surface area contributed by atoms with Crippen molar-refractivity contribution in [3.63, 3.8) is 0 Å². The minimum Gasteiger partial charge on any atom is -0.310 e. The van der Waals surface area contributed by atoms with E-state index in [4.69, 9.17) is 5.10 Å². The van der Waals surface area contributed by atoms with Crippen LogP contribution in [-0.2, 0) is 11.3 Å². The molecule has 1 atom stereocenters. The molecular formula is C23H26N4OS. The fourth-order valence-corrected chi connectivity index (χ4v) is 5.72. The quantitative estimate of drug-likeness (QED) is 0.683. The molecule has 1 amide bonds. The van der Waals surface area contributed by atoms with Gasteiger partial charge in [0.05, 0.1) is 11.4 Å². The molecule has 4 heterocycles. The number of carbonyl (C=O) groups excluding carboxylic acids is 1. The van der Waals surface area contributed by atoms with Gasteiger partial charge in [-0.1, -0.05) is 24.6 Å². The van der Waals surface area contributed by atoms with Gasteiger partial charge in [-0.2, -0.15) is 5.10 Å². The van der Waals surface area contributed by atoms with Gasteiger partial charge in [0.1, 0.15) is 5.82 Å². The lowest BCUT2D eigenvalue weighted by Crippen LogP contribution is -2.28. The Hall–Kier alpha value is -2.44. The first-order valence-electron chi connectivity index (χ1n) is 10.4. The molecule has 2 aromatic heterocycles. The van der Waals surface area contributed by atoms with Gasteiger partial charge in [0.2, 0.25) is 5.91 Å². The maximum absolute atomic E-state index is 12.6. The number of piperidine rings is 1. The number of nitrogens with one attached hydrogen (secondary N) is 1. The van der Waals surface area contributed by atoms with Crippen molar-refractivity contribution >= 4 is 23.1 Å². The molecule has 0 radical (unpaired) electrons. The molecule has 29 heavy (non-hydrogen) atoms. The third-order valence-corrected chi connectivity index (χ3v) is 7.14. The predicted molar refractivity (Wildman–Crippen MR) is 117 cm³/mol. The fraction of sp³-hybridized carbons (Fsp3) is 0.391. The maximum Gasteiger partial charge on any atom is 0.226 e. The molecule has 2 aliphatic rings. The SMILES string of the molecule is Cc1nn(-c2ccccc2)c2c1C(c1ccc(CN3CCCCC3)s1)CC(=O)N2. The first-order valence-corrected chi connectivity index (χ1v) is 11.3. The summed E-state index contributed by atoms with van der Waals surface area (Å²) in [6, 6.07) is 14.5. The van der Waals surface area contributed by atoms with Crippen LogP contribution in [-0.4, -0.2) is 33.7 Å². The topological polar surface area (TPSA) is 50.2 Å². The van der Waals surface area contributed by atoms with Crippen molar-refractivity contribution in [1.82, 2.24) is 14.7 Å². The van der Waals surface area contributed by atoms with Crippen LogP contribution in [0.1, 0.15) is 52.6 Å². The first kappa shape index (κ1) is 18.6. The van der Waals surface area contributed by atoms with Crippen LogP contribution in [0, 0.1) is 6.92 Å². The van der Waals surface area contributed by atoms with Crippen LogP contribution in [0.4, 0.5) is 5.82 Å². The molecule has 5 nitrogen and oxygen atoms in total. The molecule has 0 spiro atoms. The highest BCUT2D eigenvalue weighted by Crippen LogP contribution is 2.42. The van der Waals surface area contributed by atoms with Crippen LogP contribution >= 0.6 is 11.3 Å². The van der Waals surface area contributed by atoms with Gasteiger partial charge in [-0.25, -0.2) is 4.68 Å². The van der Waals surface area contributed by atoms with Gasteiger partial charge in [-0.15, -0.1) is 11.3 Å². The summed E-state index contributed by atoms with van der Waals surface area (Å²) in [6.45, 7) is 5.47. The summed E-state index contributed by atoms with van der Waals surface area (Å²) in [5.41, 5.74) is 3.11. The molecular weight excluding hydrogens is 380 g/mol. The van der Waals surface area contributed by atoms with Crippen molar-refractivity contribution in [3.8, 4) is 5.69 Å². The molecule has 0 aliphatic carbocycles. The van der Waals surface area contributed by atoms with Crippen molar-refractivity contribution in [2.24, 2.45) is 0 Å². The number of rotatable bonds is 4. The Morgan fingerprint density at radius 2 is 1.90 bits per heavy atom. The van der Waals surface area contributed by atoms with Gasteiger partial charge in [0.25, 0.3) is 0 Å². The summed E-state index contributed by atoms with van der Waals surface area (Å²) in [5, 5.41) is 7.85. The monoisotopic (exact) mass is 406 g/mol. The fourth-order valence-electron chi connectivity index (χ4n) is 4.55. The van der Waals surface area contributed by atoms with E-state index in [-0.39, 0.29) is 11.8 Å². The van der Waals surface area contributed by atoms with Crippen LogP contribution < -0.4 is 5.32 Å². The average Bonchev–Trinajstić information content (AvgIpc) is 3.33. The van der Waals surface area contributed by atoms with Crippen LogP contribution in [0.5, 0.6) is 0 Å². The Bertz CT molecular complexity index is 1020. The number of amides is 1. The van der Waals surface area contributed by atoms with E-state index in [1.807, 2.05) is 53.3 Å². The Labute approximate surface area is 175 Å². The summed E-state index contributed by atoms with van der Waals surface area (Å²) < 4.78 is 1.87. The summed E-state index contributed by atoms with van der Waals surface area (Å²) in [4.78, 5) is 17.8. The second-order valence-corrected chi connectivity index (χ2v) is 9.24. The van der Waals surface area contributed by atoms with E-state index in [0.29, 0.717) is 6.42 Å². The molecule has 0 saturated carbocycles. The number of hydrogen-bond acceptors (Lipinski definition) is 4. The van der Waals surface area contributed by atoms with Crippen LogP contribution in [0.2, 0.25) is 0 Å². The molecule has 2 aliphatic heterocycles. The zero-order chi connectivity index (χ0) is 19.8. The third kappa shape index (κ3) is 3.63. The van der Waals surface area contributed by atoms with Crippen molar-refractivity contribution in [2.45, 2.75) is 45.1 Å². The number of thiophene rings is 1. The number of aryl methyl sites for hydroxylation is 1. The number of aromatic nitrogens is 2. The Morgan fingerprint density at radius 1 is 1.10 bits per heavy atom. The lowest BCUT2D eigenvalue weighted by molar-refractivity contribution is -0.116. The van der Waals surface area contributed by atoms with Crippen LogP contribution in [0.3, 0.4) is 0 Å². The standard InChI is InChI=1S/C23H26N4OS/c1-16-22-19(20-11-10-18(29-20)15-26-12-6-3-7-13-26)14-21(28)24-23(22)27(25-16)17-8-4-2-5-9-17/h2,4-5,8-11,19H,3,6-7,12-15H2,1H3,(H,24,28). The zero-order valence-corrected chi connectivity index (χ0v) is 17.5. The minimum absolute atomic E-state index is 0.0607. The highest BCUT2D eigenvalue weighted by atomic mass is 32.1. The first-order chi connectivity index (χ1) is 14.2. The van der Waals surface area contributed by atoms with Gasteiger partial charge < -0.3 is 5.32 Å². The predicted octanol–water partition coefficient (Wildman–Crippen LogP) is 4.70. The molecule has 1 fully saturated rings. The molecule has 150 valence electrons. The number of carbonyl (C=O) groups is 1. The molecule has 1 aromatic carbocycles. The van der Waals surface area contributed by atoms with E-state index < -0.39 is 0 Å². The lowest BCUT2D eigenvalue weighted by atomic mass is 9.91. The van der Waals surface area contributed by atoms with E-state index in [0.717, 1.165) is 29.3 Å². The molecule has 0 bridgehead atoms. The summed E-state index contributed by atoms with van der Waals surface area (Å²) in [7, 11) is 0. The number of hydrogen-bond donors (Lipinski definition) is 1. The highest BCUT2D eigenvalue weighted by Gasteiger charge is 2.33. The van der Waals surface area contributed by atoms with Crippen molar-refractivity contribution in [1.29, 1.82) is 0 Å². The second-order valence-electron chi connectivity index (χ2n) is 8.04. The number of anilines is 1. The Balaban J connectivity index is 1.47. The van der Waals surface area contributed by atoms with Gasteiger partial charge in [0.15, 0.2) is 0 Å². The average molecular weight is 407 g/mol. The summed E-state index contributed by atoms with van der Waals surface area (Å²) >= 11 is 1.85. The molecule has 1 saturated heterocycles. The van der Waals surface area contributed by atoms with E-state index >= 15 is 0 Å². The van der Waals surface area contributed by atoms with E-state index in [9.17, 15) is 4.79 Å². The Morgan fingerprint density at radius 3 is 2.69 bits per heavy atom. The summed E-state index contributed by atoms with van der Waals surface area (Å²) in [5.74, 6) is 0.961. The smallest absolute Gasteiger partial charge is 0.226 e. The second kappa shape index (κ2) is 7.76. The van der Waals surface area contributed by atoms with Gasteiger partial charge >= 0.3 is 0 Å². The highest BCUT2D eigenvalue weighted by molar-refractivity contribution is 7.12. The molecule has 1 N–H and O–H groups in total. The molecule has 3 aromatic rings. The largest absolute Gasteiger partial charge is 0.310 e. The molecule has 5 rings (SSSR count). The number of fused-ring (bicyclic) bond motifs is 1. The van der Waals surface area contributed by atoms with Gasteiger partial charge in [-0.3, -0.25) is 9.69 Å². The van der Waals surface area contributed by atoms with E-state index in [2.05, 4.69) is 22.3 Å². The molecule has 6 heteroatoms. The summed E-state index contributed by atoms with van der Waals surface area (Å²) in [6.07, 6.45) is 4.46. The van der Waals surface area contributed by atoms with E-state index in [1.165, 1.54) is 42.1 Å². The number of likely N-dealkylation sites (tertiary alicyclic amines) is 1. The van der Waals surface area contributed by atoms with Gasteiger partial charge in [-0.05, 0) is 57.1 Å². The number of para-hydroxylation sites is 1. The lowest BCUT2D eigenvalue weighted by Gasteiger charge is -2.26. The number of benzene rings is 1. The zero-order valence-electron chi connectivity index (χ0n) is 16.7. The molecule has 1 unspecified atom stereocenters. The van der Waals surface area contributed by atoms with Crippen molar-refractivity contribution in [2.75, 3.05) is 18.4 Å². The number of nitrogens with zero attached hydrogens (tertiary/aromatic N) is 3. The van der Waals surface area contributed by atoms with Crippen molar-refractivity contribution in [3.05, 3.63) is 63.5 Å². The third-order valence-electron chi connectivity index (χ3n) is 5.96.